The summed E-state index contributed by atoms with van der Waals surface area (Å²) in [5.41, 5.74) is 1.86. The van der Waals surface area contributed by atoms with Gasteiger partial charge in [-0.3, -0.25) is 14.5 Å². The molecule has 2 saturated heterocycles. The normalized spacial score (nSPS) is 25.4. The van der Waals surface area contributed by atoms with E-state index in [0.29, 0.717) is 13.2 Å². The molecule has 2 aliphatic carbocycles. The van der Waals surface area contributed by atoms with E-state index in [2.05, 4.69) is 40.5 Å². The Bertz CT molecular complexity index is 807. The van der Waals surface area contributed by atoms with Crippen LogP contribution < -0.4 is 5.32 Å². The first-order valence-electron chi connectivity index (χ1n) is 13.3. The molecule has 2 heterocycles. The number of carbonyl (C=O) groups is 2. The molecule has 2 N–H and O–H groups in total. The standard InChI is InChI=1S/C17H23NO2.C10H17NO2.CH4O/c1-2-20-16(19)15-8-11-18(13-17(15)9-10-17)12-14-6-4-3-5-7-14;1-2-13-9(12)8-3-6-11-7-10(8)4-5-10;1-2/h3-7,15H,2,8-13H2,1H3;8,11H,2-7H2,1H3;2H,1H3. The Kier molecular flexibility index (Phi) is 10.1. The van der Waals surface area contributed by atoms with Crippen molar-refractivity contribution in [2.75, 3.05) is 46.5 Å². The number of aliphatic hydroxyl groups is 1. The summed E-state index contributed by atoms with van der Waals surface area (Å²) >= 11 is 0. The molecule has 4 aliphatic rings. The number of rotatable bonds is 6. The Labute approximate surface area is 210 Å². The van der Waals surface area contributed by atoms with E-state index in [0.717, 1.165) is 52.7 Å². The largest absolute Gasteiger partial charge is 0.466 e. The second-order valence-corrected chi connectivity index (χ2v) is 10.3. The van der Waals surface area contributed by atoms with Crippen LogP contribution >= 0.6 is 0 Å². The average molecular weight is 489 g/mol. The molecule has 0 bridgehead atoms. The van der Waals surface area contributed by atoms with Crippen molar-refractivity contribution < 1.29 is 24.2 Å². The number of hydrogen-bond donors (Lipinski definition) is 2. The molecule has 2 unspecified atom stereocenters. The fourth-order valence-corrected chi connectivity index (χ4v) is 5.82. The van der Waals surface area contributed by atoms with Crippen molar-refractivity contribution in [1.29, 1.82) is 0 Å². The van der Waals surface area contributed by atoms with E-state index in [1.165, 1.54) is 31.2 Å². The third-order valence-electron chi connectivity index (χ3n) is 8.01. The molecule has 1 aromatic rings. The molecule has 2 spiro atoms. The van der Waals surface area contributed by atoms with Crippen LogP contribution in [-0.4, -0.2) is 68.4 Å². The third-order valence-corrected chi connectivity index (χ3v) is 8.01. The molecule has 5 rings (SSSR count). The van der Waals surface area contributed by atoms with Crippen LogP contribution in [0.5, 0.6) is 0 Å². The van der Waals surface area contributed by atoms with Crippen LogP contribution in [0.15, 0.2) is 30.3 Å². The minimum absolute atomic E-state index is 0.0292. The van der Waals surface area contributed by atoms with Crippen LogP contribution in [0.25, 0.3) is 0 Å². The lowest BCUT2D eigenvalue weighted by Gasteiger charge is -2.37. The second-order valence-electron chi connectivity index (χ2n) is 10.3. The van der Waals surface area contributed by atoms with E-state index in [9.17, 15) is 9.59 Å². The molecule has 7 heteroatoms. The van der Waals surface area contributed by atoms with Crippen LogP contribution in [0.4, 0.5) is 0 Å². The van der Waals surface area contributed by atoms with Gasteiger partial charge in [0, 0.05) is 26.7 Å². The van der Waals surface area contributed by atoms with Gasteiger partial charge in [-0.25, -0.2) is 0 Å². The first kappa shape index (κ1) is 27.6. The molecule has 0 aromatic heterocycles. The lowest BCUT2D eigenvalue weighted by atomic mass is 9.82. The molecule has 0 radical (unpaired) electrons. The highest BCUT2D eigenvalue weighted by atomic mass is 16.5. The number of nitrogens with one attached hydrogen (secondary N) is 1. The number of hydrogen-bond acceptors (Lipinski definition) is 7. The van der Waals surface area contributed by atoms with Gasteiger partial charge in [-0.15, -0.1) is 0 Å². The Morgan fingerprint density at radius 1 is 0.943 bits per heavy atom. The highest BCUT2D eigenvalue weighted by Crippen LogP contribution is 2.56. The van der Waals surface area contributed by atoms with Crippen LogP contribution in [0.1, 0.15) is 57.9 Å². The van der Waals surface area contributed by atoms with Gasteiger partial charge in [0.2, 0.25) is 0 Å². The number of esters is 2. The maximum Gasteiger partial charge on any atom is 0.309 e. The van der Waals surface area contributed by atoms with Crippen molar-refractivity contribution in [2.45, 2.75) is 58.9 Å². The molecule has 0 amide bonds. The fraction of sp³-hybridized carbons (Fsp3) is 0.714. The summed E-state index contributed by atoms with van der Waals surface area (Å²) in [5.74, 6) is 0.369. The molecule has 2 atom stereocenters. The van der Waals surface area contributed by atoms with Crippen LogP contribution in [0.3, 0.4) is 0 Å². The van der Waals surface area contributed by atoms with Gasteiger partial charge in [0.25, 0.3) is 0 Å². The third kappa shape index (κ3) is 7.05. The van der Waals surface area contributed by atoms with Gasteiger partial charge < -0.3 is 19.9 Å². The Balaban J connectivity index is 0.000000197. The molecule has 7 nitrogen and oxygen atoms in total. The Hall–Kier alpha value is -1.96. The lowest BCUT2D eigenvalue weighted by Crippen LogP contribution is -2.44. The maximum absolute atomic E-state index is 12.1. The smallest absolute Gasteiger partial charge is 0.309 e. The van der Waals surface area contributed by atoms with E-state index in [1.54, 1.807) is 0 Å². The SMILES string of the molecule is CCOC(=O)C1CCN(Cc2ccccc2)CC12CC2.CCOC(=O)C1CCNCC12CC2.CO. The Morgan fingerprint density at radius 2 is 1.51 bits per heavy atom. The molecular formula is C28H44N2O5. The minimum atomic E-state index is 0.0292. The first-order valence-corrected chi connectivity index (χ1v) is 13.3. The quantitative estimate of drug-likeness (QED) is 0.594. The van der Waals surface area contributed by atoms with Gasteiger partial charge in [-0.1, -0.05) is 30.3 Å². The van der Waals surface area contributed by atoms with Crippen molar-refractivity contribution in [1.82, 2.24) is 10.2 Å². The highest BCUT2D eigenvalue weighted by molar-refractivity contribution is 5.74. The minimum Gasteiger partial charge on any atom is -0.466 e. The molecule has 4 fully saturated rings. The van der Waals surface area contributed by atoms with Crippen LogP contribution in [0, 0.1) is 22.7 Å². The zero-order chi connectivity index (χ0) is 25.3. The summed E-state index contributed by atoms with van der Waals surface area (Å²) < 4.78 is 10.3. The van der Waals surface area contributed by atoms with Crippen molar-refractivity contribution >= 4 is 11.9 Å². The number of aliphatic hydroxyl groups excluding tert-OH is 1. The summed E-state index contributed by atoms with van der Waals surface area (Å²) in [6, 6.07) is 10.6. The van der Waals surface area contributed by atoms with Crippen molar-refractivity contribution in [2.24, 2.45) is 22.7 Å². The molecule has 2 saturated carbocycles. The molecular weight excluding hydrogens is 444 g/mol. The van der Waals surface area contributed by atoms with Gasteiger partial charge in [0.05, 0.1) is 25.0 Å². The van der Waals surface area contributed by atoms with E-state index in [4.69, 9.17) is 14.6 Å². The van der Waals surface area contributed by atoms with Crippen molar-refractivity contribution in [3.05, 3.63) is 35.9 Å². The lowest BCUT2D eigenvalue weighted by molar-refractivity contribution is -0.153. The monoisotopic (exact) mass is 488 g/mol. The highest BCUT2D eigenvalue weighted by Gasteiger charge is 2.55. The van der Waals surface area contributed by atoms with Gasteiger partial charge in [0.1, 0.15) is 0 Å². The van der Waals surface area contributed by atoms with E-state index in [-0.39, 0.29) is 34.6 Å². The number of nitrogens with zero attached hydrogens (tertiary/aromatic N) is 1. The number of carbonyl (C=O) groups excluding carboxylic acids is 2. The summed E-state index contributed by atoms with van der Waals surface area (Å²) in [4.78, 5) is 26.2. The van der Waals surface area contributed by atoms with Gasteiger partial charge in [-0.2, -0.15) is 0 Å². The summed E-state index contributed by atoms with van der Waals surface area (Å²) in [6.07, 6.45) is 6.67. The number of benzene rings is 1. The van der Waals surface area contributed by atoms with Crippen molar-refractivity contribution in [3.63, 3.8) is 0 Å². The van der Waals surface area contributed by atoms with Crippen LogP contribution in [0.2, 0.25) is 0 Å². The van der Waals surface area contributed by atoms with E-state index >= 15 is 0 Å². The van der Waals surface area contributed by atoms with Crippen molar-refractivity contribution in [3.8, 4) is 0 Å². The molecule has 35 heavy (non-hydrogen) atoms. The molecule has 2 aliphatic heterocycles. The number of likely N-dealkylation sites (tertiary alicyclic amines) is 1. The Morgan fingerprint density at radius 3 is 2.06 bits per heavy atom. The fourth-order valence-electron chi connectivity index (χ4n) is 5.82. The topological polar surface area (TPSA) is 88.1 Å². The molecule has 1 aromatic carbocycles. The number of ether oxygens (including phenoxy) is 2. The van der Waals surface area contributed by atoms with Crippen LogP contribution in [-0.2, 0) is 25.6 Å². The average Bonchev–Trinajstić information content (AvgIpc) is 3.81. The van der Waals surface area contributed by atoms with Gasteiger partial charge in [0.15, 0.2) is 0 Å². The van der Waals surface area contributed by atoms with E-state index in [1.807, 2.05) is 13.8 Å². The second kappa shape index (κ2) is 12.8. The zero-order valence-corrected chi connectivity index (χ0v) is 21.8. The predicted octanol–water partition coefficient (Wildman–Crippen LogP) is 3.40. The number of piperidine rings is 2. The summed E-state index contributed by atoms with van der Waals surface area (Å²) in [7, 11) is 1.00. The van der Waals surface area contributed by atoms with Gasteiger partial charge >= 0.3 is 11.9 Å². The predicted molar refractivity (Wildman–Crippen MR) is 136 cm³/mol. The molecule has 196 valence electrons. The zero-order valence-electron chi connectivity index (χ0n) is 21.8. The summed E-state index contributed by atoms with van der Waals surface area (Å²) in [6.45, 7) is 9.80. The first-order chi connectivity index (χ1) is 17.0. The van der Waals surface area contributed by atoms with Gasteiger partial charge in [-0.05, 0) is 81.9 Å². The maximum atomic E-state index is 12.1. The summed E-state index contributed by atoms with van der Waals surface area (Å²) in [5, 5.41) is 10.4. The van der Waals surface area contributed by atoms with E-state index < -0.39 is 0 Å².